The van der Waals surface area contributed by atoms with Gasteiger partial charge in [0.05, 0.1) is 29.6 Å². The molecule has 3 aliphatic heterocycles. The van der Waals surface area contributed by atoms with E-state index in [9.17, 15) is 19.6 Å². The van der Waals surface area contributed by atoms with E-state index in [1.54, 1.807) is 28.9 Å². The number of hydrogen-bond donors (Lipinski definition) is 2. The van der Waals surface area contributed by atoms with Gasteiger partial charge in [0.15, 0.2) is 0 Å². The van der Waals surface area contributed by atoms with Crippen LogP contribution in [0.4, 0.5) is 21.9 Å². The Morgan fingerprint density at radius 2 is 1.76 bits per heavy atom. The maximum Gasteiger partial charge on any atom is 0.414 e. The summed E-state index contributed by atoms with van der Waals surface area (Å²) in [7, 11) is 0. The number of nitrogens with zero attached hydrogens (tertiary/aromatic N) is 3. The van der Waals surface area contributed by atoms with Gasteiger partial charge < -0.3 is 19.3 Å². The zero-order chi connectivity index (χ0) is 26.6. The third kappa shape index (κ3) is 5.13. The number of anilines is 3. The molecule has 0 saturated carbocycles. The average molecular weight is 523 g/mol. The molecule has 0 aliphatic carbocycles. The van der Waals surface area contributed by atoms with Crippen molar-refractivity contribution < 1.29 is 29.1 Å². The van der Waals surface area contributed by atoms with Crippen LogP contribution in [0.25, 0.3) is 0 Å². The number of amides is 2. The van der Waals surface area contributed by atoms with Crippen LogP contribution < -0.4 is 15.3 Å². The summed E-state index contributed by atoms with van der Waals surface area (Å²) >= 11 is 0. The van der Waals surface area contributed by atoms with Crippen molar-refractivity contribution >= 4 is 35.0 Å². The third-order valence-corrected chi connectivity index (χ3v) is 7.74. The number of esters is 1. The molecule has 3 heterocycles. The molecule has 0 atom stereocenters. The first-order valence-electron chi connectivity index (χ1n) is 13.3. The van der Waals surface area contributed by atoms with Crippen molar-refractivity contribution in [3.63, 3.8) is 0 Å². The Balaban J connectivity index is 1.23. The summed E-state index contributed by atoms with van der Waals surface area (Å²) in [6, 6.07) is 13.1. The number of fused-ring (bicyclic) bond motifs is 1. The number of ether oxygens (including phenoxy) is 2. The molecular formula is C28H34N4O6. The second kappa shape index (κ2) is 11.3. The predicted octanol–water partition coefficient (Wildman–Crippen LogP) is 4.03. The smallest absolute Gasteiger partial charge is 0.414 e. The van der Waals surface area contributed by atoms with E-state index in [2.05, 4.69) is 10.4 Å². The second-order valence-electron chi connectivity index (χ2n) is 9.93. The van der Waals surface area contributed by atoms with Crippen molar-refractivity contribution in [3.8, 4) is 0 Å². The van der Waals surface area contributed by atoms with E-state index < -0.39 is 0 Å². The number of hydrogen-bond acceptors (Lipinski definition) is 8. The highest BCUT2D eigenvalue weighted by atomic mass is 16.6. The highest BCUT2D eigenvalue weighted by Crippen LogP contribution is 2.35. The van der Waals surface area contributed by atoms with Gasteiger partial charge in [0.2, 0.25) is 0 Å². The van der Waals surface area contributed by atoms with Gasteiger partial charge in [0.25, 0.3) is 5.91 Å². The summed E-state index contributed by atoms with van der Waals surface area (Å²) in [6.07, 6.45) is 2.33. The summed E-state index contributed by atoms with van der Waals surface area (Å²) in [6.45, 7) is 4.78. The number of likely N-dealkylation sites (tertiary alicyclic amines) is 1. The molecule has 2 amide bonds. The van der Waals surface area contributed by atoms with E-state index in [4.69, 9.17) is 9.47 Å². The number of rotatable bonds is 6. The Labute approximate surface area is 222 Å². The maximum atomic E-state index is 13.1. The summed E-state index contributed by atoms with van der Waals surface area (Å²) in [4.78, 5) is 43.4. The molecule has 38 heavy (non-hydrogen) atoms. The normalized spacial score (nSPS) is 18.6. The van der Waals surface area contributed by atoms with Crippen molar-refractivity contribution in [2.24, 2.45) is 5.92 Å². The van der Waals surface area contributed by atoms with Crippen LogP contribution in [0.15, 0.2) is 42.5 Å². The lowest BCUT2D eigenvalue weighted by atomic mass is 9.96. The molecule has 10 nitrogen and oxygen atoms in total. The molecule has 2 N–H and O–H groups in total. The molecular weight excluding hydrogens is 488 g/mol. The first-order chi connectivity index (χ1) is 18.5. The number of piperidine rings is 2. The maximum absolute atomic E-state index is 13.1. The van der Waals surface area contributed by atoms with Gasteiger partial charge in [-0.1, -0.05) is 18.2 Å². The molecule has 2 aromatic rings. The summed E-state index contributed by atoms with van der Waals surface area (Å²) < 4.78 is 10.5. The zero-order valence-electron chi connectivity index (χ0n) is 21.6. The number of para-hydroxylation sites is 1. The van der Waals surface area contributed by atoms with E-state index in [1.165, 1.54) is 0 Å². The Bertz CT molecular complexity index is 1190. The van der Waals surface area contributed by atoms with E-state index in [0.29, 0.717) is 63.5 Å². The molecule has 0 radical (unpaired) electrons. The van der Waals surface area contributed by atoms with E-state index in [-0.39, 0.29) is 29.9 Å². The van der Waals surface area contributed by atoms with Gasteiger partial charge in [0.1, 0.15) is 6.61 Å². The van der Waals surface area contributed by atoms with Gasteiger partial charge in [-0.3, -0.25) is 25.2 Å². The average Bonchev–Trinajstić information content (AvgIpc) is 2.97. The highest BCUT2D eigenvalue weighted by molar-refractivity contribution is 5.96. The van der Waals surface area contributed by atoms with Crippen molar-refractivity contribution in [2.75, 3.05) is 48.1 Å². The van der Waals surface area contributed by atoms with Gasteiger partial charge in [-0.15, -0.1) is 0 Å². The molecule has 10 heteroatoms. The van der Waals surface area contributed by atoms with Gasteiger partial charge in [-0.05, 0) is 56.9 Å². The first kappa shape index (κ1) is 25.8. The van der Waals surface area contributed by atoms with E-state index >= 15 is 0 Å². The van der Waals surface area contributed by atoms with Gasteiger partial charge in [-0.25, -0.2) is 4.79 Å². The molecule has 0 aromatic heterocycles. The molecule has 2 aromatic carbocycles. The first-order valence-corrected chi connectivity index (χ1v) is 13.3. The number of nitrogens with one attached hydrogen (secondary N) is 1. The fourth-order valence-electron chi connectivity index (χ4n) is 5.68. The Morgan fingerprint density at radius 3 is 2.47 bits per heavy atom. The Kier molecular flexibility index (Phi) is 7.69. The van der Waals surface area contributed by atoms with Crippen molar-refractivity contribution in [3.05, 3.63) is 53.6 Å². The van der Waals surface area contributed by atoms with Crippen molar-refractivity contribution in [2.45, 2.75) is 45.3 Å². The monoisotopic (exact) mass is 522 g/mol. The standard InChI is InChI=1S/C28H34N4O6/c1-2-37-27(34)19-9-13-31(14-10-19)26(33)20-7-8-25(23(17-20)29-36)30-15-11-22(12-16-30)32-24-6-4-3-5-21(24)18-38-28(32)35/h3-8,17,19,22,29,36H,2,9-16,18H2,1H3. The lowest BCUT2D eigenvalue weighted by Gasteiger charge is -2.41. The Morgan fingerprint density at radius 1 is 1.03 bits per heavy atom. The molecule has 0 spiro atoms. The minimum atomic E-state index is -0.311. The molecule has 202 valence electrons. The van der Waals surface area contributed by atoms with Crippen molar-refractivity contribution in [1.29, 1.82) is 0 Å². The summed E-state index contributed by atoms with van der Waals surface area (Å²) in [5, 5.41) is 9.89. The number of benzene rings is 2. The van der Waals surface area contributed by atoms with E-state index in [1.807, 2.05) is 30.3 Å². The fraction of sp³-hybridized carbons (Fsp3) is 0.464. The number of carbonyl (C=O) groups excluding carboxylic acids is 3. The highest BCUT2D eigenvalue weighted by Gasteiger charge is 2.35. The fourth-order valence-corrected chi connectivity index (χ4v) is 5.68. The van der Waals surface area contributed by atoms with Crippen LogP contribution in [0.1, 0.15) is 48.5 Å². The van der Waals surface area contributed by atoms with Gasteiger partial charge >= 0.3 is 12.1 Å². The minimum Gasteiger partial charge on any atom is -0.466 e. The molecule has 0 unspecified atom stereocenters. The minimum absolute atomic E-state index is 0.0177. The van der Waals surface area contributed by atoms with Crippen LogP contribution in [0, 0.1) is 5.92 Å². The molecule has 2 saturated heterocycles. The van der Waals surface area contributed by atoms with Gasteiger partial charge in [-0.2, -0.15) is 0 Å². The zero-order valence-corrected chi connectivity index (χ0v) is 21.6. The van der Waals surface area contributed by atoms with Crippen LogP contribution in [-0.2, 0) is 20.9 Å². The van der Waals surface area contributed by atoms with Crippen molar-refractivity contribution in [1.82, 2.24) is 4.90 Å². The Hall–Kier alpha value is -3.79. The summed E-state index contributed by atoms with van der Waals surface area (Å²) in [5.41, 5.74) is 5.91. The SMILES string of the molecule is CCOC(=O)C1CCN(C(=O)c2ccc(N3CCC(N4C(=O)OCc5ccccc54)CC3)c(NO)c2)CC1. The lowest BCUT2D eigenvalue weighted by molar-refractivity contribution is -0.149. The van der Waals surface area contributed by atoms with E-state index in [0.717, 1.165) is 29.8 Å². The quantitative estimate of drug-likeness (QED) is 0.432. The van der Waals surface area contributed by atoms with Gasteiger partial charge in [0, 0.05) is 43.3 Å². The predicted molar refractivity (Wildman–Crippen MR) is 141 cm³/mol. The molecule has 2 fully saturated rings. The molecule has 0 bridgehead atoms. The topological polar surface area (TPSA) is 112 Å². The lowest BCUT2D eigenvalue weighted by Crippen LogP contribution is -2.49. The van der Waals surface area contributed by atoms with Crippen LogP contribution in [-0.4, -0.2) is 66.9 Å². The summed E-state index contributed by atoms with van der Waals surface area (Å²) in [5.74, 6) is -0.489. The number of cyclic esters (lactones) is 1. The number of carbonyl (C=O) groups is 3. The van der Waals surface area contributed by atoms with Crippen LogP contribution in [0.3, 0.4) is 0 Å². The third-order valence-electron chi connectivity index (χ3n) is 7.74. The largest absolute Gasteiger partial charge is 0.466 e. The molecule has 5 rings (SSSR count). The van der Waals surface area contributed by atoms with Crippen LogP contribution in [0.5, 0.6) is 0 Å². The van der Waals surface area contributed by atoms with Crippen LogP contribution >= 0.6 is 0 Å². The molecule has 3 aliphatic rings. The van der Waals surface area contributed by atoms with Crippen LogP contribution in [0.2, 0.25) is 0 Å². The second-order valence-corrected chi connectivity index (χ2v) is 9.93.